The van der Waals surface area contributed by atoms with Gasteiger partial charge >= 0.3 is 6.18 Å². The quantitative estimate of drug-likeness (QED) is 0.211. The number of amides is 2. The summed E-state index contributed by atoms with van der Waals surface area (Å²) in [4.78, 5) is 41.4. The Hall–Kier alpha value is -2.75. The van der Waals surface area contributed by atoms with Crippen molar-refractivity contribution in [3.05, 3.63) is 39.9 Å². The minimum absolute atomic E-state index is 0.0290. The maximum atomic E-state index is 14.0. The Morgan fingerprint density at radius 2 is 1.61 bits per heavy atom. The zero-order valence-electron chi connectivity index (χ0n) is 25.7. The third-order valence-electron chi connectivity index (χ3n) is 11.1. The number of hydrogen-bond acceptors (Lipinski definition) is 5. The van der Waals surface area contributed by atoms with Crippen LogP contribution >= 0.6 is 0 Å². The lowest BCUT2D eigenvalue weighted by Gasteiger charge is -2.59. The largest absolute Gasteiger partial charge is 0.449 e. The van der Waals surface area contributed by atoms with Crippen molar-refractivity contribution >= 4 is 22.7 Å². The molecule has 2 heterocycles. The molecule has 1 aromatic carbocycles. The highest BCUT2D eigenvalue weighted by molar-refractivity contribution is 5.99. The van der Waals surface area contributed by atoms with Crippen LogP contribution in [0.1, 0.15) is 114 Å². The second-order valence-corrected chi connectivity index (χ2v) is 14.2. The Bertz CT molecular complexity index is 1420. The molecule has 0 unspecified atom stereocenters. The van der Waals surface area contributed by atoms with Crippen molar-refractivity contribution in [2.45, 2.75) is 121 Å². The number of rotatable bonds is 12. The summed E-state index contributed by atoms with van der Waals surface area (Å²) in [5.41, 5.74) is 0.254. The minimum Gasteiger partial charge on any atom is -0.314 e. The Morgan fingerprint density at radius 1 is 0.977 bits per heavy atom. The van der Waals surface area contributed by atoms with Crippen LogP contribution in [0.5, 0.6) is 0 Å². The van der Waals surface area contributed by atoms with E-state index >= 15 is 0 Å². The van der Waals surface area contributed by atoms with Crippen LogP contribution in [0, 0.1) is 23.2 Å². The van der Waals surface area contributed by atoms with E-state index in [1.165, 1.54) is 44.6 Å². The van der Waals surface area contributed by atoms with E-state index in [1.807, 2.05) is 0 Å². The van der Waals surface area contributed by atoms with Gasteiger partial charge in [-0.15, -0.1) is 0 Å². The molecule has 4 bridgehead atoms. The summed E-state index contributed by atoms with van der Waals surface area (Å²) in [6.07, 6.45) is 10.3. The maximum absolute atomic E-state index is 14.0. The number of carbonyl (C=O) groups excluding carboxylic acids is 2. The molecule has 0 radical (unpaired) electrons. The van der Waals surface area contributed by atoms with E-state index in [0.29, 0.717) is 28.0 Å². The van der Waals surface area contributed by atoms with Gasteiger partial charge in [-0.25, -0.2) is 4.98 Å². The van der Waals surface area contributed by atoms with Crippen molar-refractivity contribution < 1.29 is 22.8 Å². The van der Waals surface area contributed by atoms with Crippen molar-refractivity contribution in [2.75, 3.05) is 6.54 Å². The number of carbonyl (C=O) groups is 2. The zero-order valence-corrected chi connectivity index (χ0v) is 25.7. The number of nitrogens with one attached hydrogen (secondary N) is 2. The van der Waals surface area contributed by atoms with Crippen LogP contribution in [-0.4, -0.2) is 34.0 Å². The average molecular weight is 615 g/mol. The first kappa shape index (κ1) is 31.2. The molecule has 7 nitrogen and oxygen atoms in total. The van der Waals surface area contributed by atoms with E-state index < -0.39 is 35.4 Å². The van der Waals surface area contributed by atoms with Gasteiger partial charge in [-0.1, -0.05) is 37.8 Å². The molecule has 2 amide bonds. The van der Waals surface area contributed by atoms with Crippen LogP contribution in [0.2, 0.25) is 0 Å². The topological polar surface area (TPSA) is 93.1 Å². The van der Waals surface area contributed by atoms with Gasteiger partial charge in [0.25, 0.3) is 5.56 Å². The fourth-order valence-electron chi connectivity index (χ4n) is 9.33. The van der Waals surface area contributed by atoms with Crippen molar-refractivity contribution in [3.8, 4) is 0 Å². The highest BCUT2D eigenvalue weighted by Gasteiger charge is 2.53. The SMILES string of the molecule is C[C@H](NCCCCCCCCc1cccc2nc(C(F)(F)F)n([C@H]3CCC(=O)NC3=O)c(=O)c12)C12CC3CC(CC(C3)C1)C2. The fourth-order valence-corrected chi connectivity index (χ4v) is 9.33. The van der Waals surface area contributed by atoms with E-state index in [-0.39, 0.29) is 23.7 Å². The van der Waals surface area contributed by atoms with Gasteiger partial charge in [0, 0.05) is 12.5 Å². The van der Waals surface area contributed by atoms with E-state index in [9.17, 15) is 27.6 Å². The number of alkyl halides is 3. The first-order chi connectivity index (χ1) is 21.0. The van der Waals surface area contributed by atoms with Crippen LogP contribution in [0.25, 0.3) is 10.9 Å². The second kappa shape index (κ2) is 12.6. The number of piperidine rings is 1. The first-order valence-corrected chi connectivity index (χ1v) is 16.7. The zero-order chi connectivity index (χ0) is 31.1. The number of nitrogens with zero attached hydrogens (tertiary/aromatic N) is 2. The number of benzene rings is 1. The molecule has 7 rings (SSSR count). The van der Waals surface area contributed by atoms with Crippen LogP contribution in [0.4, 0.5) is 13.2 Å². The Labute approximate surface area is 256 Å². The molecule has 1 aliphatic heterocycles. The van der Waals surface area contributed by atoms with E-state index in [0.717, 1.165) is 62.8 Å². The maximum Gasteiger partial charge on any atom is 0.449 e. The van der Waals surface area contributed by atoms with Gasteiger partial charge in [0.15, 0.2) is 0 Å². The molecule has 44 heavy (non-hydrogen) atoms. The summed E-state index contributed by atoms with van der Waals surface area (Å²) in [5.74, 6) is 0.0251. The number of unbranched alkanes of at least 4 members (excludes halogenated alkanes) is 5. The van der Waals surface area contributed by atoms with E-state index in [2.05, 4.69) is 22.5 Å². The smallest absolute Gasteiger partial charge is 0.314 e. The molecule has 4 aliphatic carbocycles. The molecule has 1 saturated heterocycles. The molecule has 2 aromatic rings. The van der Waals surface area contributed by atoms with Crippen molar-refractivity contribution in [1.29, 1.82) is 0 Å². The van der Waals surface area contributed by atoms with Gasteiger partial charge in [0.1, 0.15) is 6.04 Å². The van der Waals surface area contributed by atoms with Crippen molar-refractivity contribution in [3.63, 3.8) is 0 Å². The lowest BCUT2D eigenvalue weighted by molar-refractivity contribution is -0.150. The van der Waals surface area contributed by atoms with Gasteiger partial charge in [-0.2, -0.15) is 13.2 Å². The third-order valence-corrected chi connectivity index (χ3v) is 11.1. The Morgan fingerprint density at radius 3 is 2.25 bits per heavy atom. The normalized spacial score (nSPS) is 28.9. The van der Waals surface area contributed by atoms with Crippen LogP contribution in [0.3, 0.4) is 0 Å². The molecular weight excluding hydrogens is 569 g/mol. The number of aromatic nitrogens is 2. The molecule has 1 aromatic heterocycles. The van der Waals surface area contributed by atoms with Crippen LogP contribution < -0.4 is 16.2 Å². The summed E-state index contributed by atoms with van der Waals surface area (Å²) in [6, 6.07) is 3.94. The fraction of sp³-hybridized carbons (Fsp3) is 0.706. The van der Waals surface area contributed by atoms with E-state index in [1.54, 1.807) is 12.1 Å². The average Bonchev–Trinajstić information content (AvgIpc) is 2.95. The third kappa shape index (κ3) is 6.33. The lowest BCUT2D eigenvalue weighted by atomic mass is 9.48. The Kier molecular flexibility index (Phi) is 8.92. The molecule has 10 heteroatoms. The standard InChI is InChI=1S/C34H45F3N4O3/c1-21(33-18-22-15-23(19-33)17-24(16-22)20-33)38-14-7-5-3-2-4-6-9-25-10-8-11-26-29(25)31(44)41(32(39-26)34(35,36)37)27-12-13-28(42)40-30(27)43/h8,10-11,21-24,27,38H,2-7,9,12-20H2,1H3,(H,40,42,43)/t21-,22?,23?,24?,27-,33?/m0/s1. The molecule has 0 spiro atoms. The van der Waals surface area contributed by atoms with Gasteiger partial charge in [0.05, 0.1) is 10.9 Å². The minimum atomic E-state index is -4.94. The molecule has 5 aliphatic rings. The molecule has 2 N–H and O–H groups in total. The molecular formula is C34H45F3N4O3. The number of hydrogen-bond donors (Lipinski definition) is 2. The predicted octanol–water partition coefficient (Wildman–Crippen LogP) is 6.47. The number of aryl methyl sites for hydroxylation is 1. The number of halogens is 3. The second-order valence-electron chi connectivity index (χ2n) is 14.2. The highest BCUT2D eigenvalue weighted by Crippen LogP contribution is 2.61. The van der Waals surface area contributed by atoms with Crippen LogP contribution in [-0.2, 0) is 22.2 Å². The monoisotopic (exact) mass is 614 g/mol. The lowest BCUT2D eigenvalue weighted by Crippen LogP contribution is -2.54. The number of imide groups is 1. The molecule has 5 fully saturated rings. The molecule has 4 saturated carbocycles. The summed E-state index contributed by atoms with van der Waals surface area (Å²) in [7, 11) is 0. The summed E-state index contributed by atoms with van der Waals surface area (Å²) in [5, 5.41) is 6.06. The van der Waals surface area contributed by atoms with E-state index in [4.69, 9.17) is 0 Å². The Balaban J connectivity index is 1.000. The van der Waals surface area contributed by atoms with Crippen LogP contribution in [0.15, 0.2) is 23.0 Å². The highest BCUT2D eigenvalue weighted by atomic mass is 19.4. The summed E-state index contributed by atoms with van der Waals surface area (Å²) < 4.78 is 42.4. The van der Waals surface area contributed by atoms with Crippen molar-refractivity contribution in [2.24, 2.45) is 23.2 Å². The number of fused-ring (bicyclic) bond motifs is 1. The summed E-state index contributed by atoms with van der Waals surface area (Å²) >= 11 is 0. The predicted molar refractivity (Wildman–Crippen MR) is 162 cm³/mol. The molecule has 2 atom stereocenters. The van der Waals surface area contributed by atoms with Gasteiger partial charge in [0.2, 0.25) is 17.6 Å². The summed E-state index contributed by atoms with van der Waals surface area (Å²) in [6.45, 7) is 3.48. The van der Waals surface area contributed by atoms with Gasteiger partial charge in [-0.05, 0) is 112 Å². The van der Waals surface area contributed by atoms with Gasteiger partial charge < -0.3 is 5.32 Å². The van der Waals surface area contributed by atoms with Gasteiger partial charge in [-0.3, -0.25) is 24.3 Å². The first-order valence-electron chi connectivity index (χ1n) is 16.7. The molecule has 240 valence electrons. The van der Waals surface area contributed by atoms with Crippen molar-refractivity contribution in [1.82, 2.24) is 20.2 Å².